The molecule has 7 heteroatoms. The zero-order chi connectivity index (χ0) is 27.7. The molecule has 0 spiro atoms. The quantitative estimate of drug-likeness (QED) is 0.121. The van der Waals surface area contributed by atoms with Gasteiger partial charge in [-0.05, 0) is 81.8 Å². The Hall–Kier alpha value is -3.29. The maximum Gasteiger partial charge on any atom is 0.344 e. The van der Waals surface area contributed by atoms with Crippen molar-refractivity contribution in [1.29, 1.82) is 0 Å². The monoisotopic (exact) mass is 537 g/mol. The fourth-order valence-corrected chi connectivity index (χ4v) is 5.46. The summed E-state index contributed by atoms with van der Waals surface area (Å²) in [5, 5.41) is 0. The fraction of sp³-hybridized carbons (Fsp3) is 0.355. The molecule has 3 rings (SSSR count). The molecule has 1 unspecified atom stereocenters. The third kappa shape index (κ3) is 9.23. The Morgan fingerprint density at radius 3 is 1.87 bits per heavy atom. The van der Waals surface area contributed by atoms with Gasteiger partial charge in [0.1, 0.15) is 11.4 Å². The Balaban J connectivity index is 1.72. The average Bonchev–Trinajstić information content (AvgIpc) is 2.87. The van der Waals surface area contributed by atoms with Crippen molar-refractivity contribution in [3.8, 4) is 5.75 Å². The summed E-state index contributed by atoms with van der Waals surface area (Å²) in [5.74, 6) is -0.243. The Kier molecular flexibility index (Phi) is 10.4. The molecule has 0 N–H and O–H groups in total. The van der Waals surface area contributed by atoms with Crippen LogP contribution >= 0.6 is 0 Å². The second kappa shape index (κ2) is 13.5. The van der Waals surface area contributed by atoms with Crippen molar-refractivity contribution in [2.75, 3.05) is 13.4 Å². The van der Waals surface area contributed by atoms with Gasteiger partial charge in [0.15, 0.2) is 28.1 Å². The van der Waals surface area contributed by atoms with Gasteiger partial charge in [-0.2, -0.15) is 0 Å². The molecule has 0 bridgehead atoms. The van der Waals surface area contributed by atoms with E-state index in [4.69, 9.17) is 18.9 Å². The summed E-state index contributed by atoms with van der Waals surface area (Å²) in [7, 11) is -0.342. The van der Waals surface area contributed by atoms with Crippen LogP contribution in [0.3, 0.4) is 0 Å². The van der Waals surface area contributed by atoms with Gasteiger partial charge in [-0.25, -0.2) is 4.79 Å². The lowest BCUT2D eigenvalue weighted by atomic mass is 10.2. The van der Waals surface area contributed by atoms with Gasteiger partial charge >= 0.3 is 11.9 Å². The molecule has 0 heterocycles. The van der Waals surface area contributed by atoms with E-state index in [-0.39, 0.29) is 36.2 Å². The molecular formula is C31H37O6S+. The molecule has 0 radical (unpaired) electrons. The van der Waals surface area contributed by atoms with Gasteiger partial charge in [0.2, 0.25) is 0 Å². The zero-order valence-electron chi connectivity index (χ0n) is 23.0. The van der Waals surface area contributed by atoms with Crippen molar-refractivity contribution in [2.45, 2.75) is 68.4 Å². The topological polar surface area (TPSA) is 71.1 Å². The van der Waals surface area contributed by atoms with Crippen LogP contribution < -0.4 is 4.74 Å². The van der Waals surface area contributed by atoms with E-state index in [1.807, 2.05) is 57.2 Å². The first-order valence-electron chi connectivity index (χ1n) is 12.6. The summed E-state index contributed by atoms with van der Waals surface area (Å²) >= 11 is 0. The number of ether oxygens (including phenoxy) is 4. The van der Waals surface area contributed by atoms with E-state index in [0.717, 1.165) is 15.4 Å². The second-order valence-corrected chi connectivity index (χ2v) is 12.2. The average molecular weight is 538 g/mol. The van der Waals surface area contributed by atoms with Gasteiger partial charge in [-0.1, -0.05) is 43.7 Å². The number of esters is 2. The van der Waals surface area contributed by atoms with Crippen LogP contribution in [0.4, 0.5) is 0 Å². The lowest BCUT2D eigenvalue weighted by molar-refractivity contribution is -0.161. The highest BCUT2D eigenvalue weighted by Gasteiger charge is 2.28. The molecule has 0 aliphatic heterocycles. The van der Waals surface area contributed by atoms with E-state index in [9.17, 15) is 9.59 Å². The first kappa shape index (κ1) is 29.3. The van der Waals surface area contributed by atoms with Crippen molar-refractivity contribution >= 4 is 22.8 Å². The Bertz CT molecular complexity index is 1180. The minimum Gasteiger partial charge on any atom is -0.482 e. The third-order valence-corrected chi connectivity index (χ3v) is 7.51. The summed E-state index contributed by atoms with van der Waals surface area (Å²) in [6, 6.07) is 24.7. The van der Waals surface area contributed by atoms with E-state index in [1.54, 1.807) is 13.8 Å². The molecule has 38 heavy (non-hydrogen) atoms. The molecule has 202 valence electrons. The molecule has 0 amide bonds. The summed E-state index contributed by atoms with van der Waals surface area (Å²) in [6.45, 7) is 11.3. The van der Waals surface area contributed by atoms with Crippen LogP contribution in [0.25, 0.3) is 0 Å². The summed E-state index contributed by atoms with van der Waals surface area (Å²) in [5.41, 5.74) is 1.65. The molecule has 0 fully saturated rings. The highest BCUT2D eigenvalue weighted by molar-refractivity contribution is 7.97. The lowest BCUT2D eigenvalue weighted by Gasteiger charge is -2.19. The van der Waals surface area contributed by atoms with Crippen molar-refractivity contribution in [3.05, 3.63) is 83.9 Å². The summed E-state index contributed by atoms with van der Waals surface area (Å²) < 4.78 is 21.6. The van der Waals surface area contributed by atoms with E-state index in [0.29, 0.717) is 12.4 Å². The maximum atomic E-state index is 12.0. The Morgan fingerprint density at radius 1 is 0.816 bits per heavy atom. The number of benzene rings is 3. The van der Waals surface area contributed by atoms with Crippen molar-refractivity contribution < 1.29 is 28.5 Å². The van der Waals surface area contributed by atoms with E-state index in [2.05, 4.69) is 43.3 Å². The summed E-state index contributed by atoms with van der Waals surface area (Å²) in [4.78, 5) is 27.1. The zero-order valence-corrected chi connectivity index (χ0v) is 23.8. The largest absolute Gasteiger partial charge is 0.482 e. The number of rotatable bonds is 11. The third-order valence-electron chi connectivity index (χ3n) is 5.28. The lowest BCUT2D eigenvalue weighted by Crippen LogP contribution is -2.27. The van der Waals surface area contributed by atoms with Crippen LogP contribution in [0.2, 0.25) is 0 Å². The molecule has 0 saturated heterocycles. The molecule has 6 nitrogen and oxygen atoms in total. The number of carbonyl (C=O) groups excluding carboxylic acids is 2. The molecule has 0 aromatic heterocycles. The van der Waals surface area contributed by atoms with E-state index in [1.165, 1.54) is 10.5 Å². The molecule has 0 aliphatic carbocycles. The smallest absolute Gasteiger partial charge is 0.344 e. The van der Waals surface area contributed by atoms with Crippen LogP contribution in [0.1, 0.15) is 45.7 Å². The Morgan fingerprint density at radius 2 is 1.34 bits per heavy atom. The van der Waals surface area contributed by atoms with Crippen LogP contribution in [-0.4, -0.2) is 30.9 Å². The number of hydrogen-bond acceptors (Lipinski definition) is 6. The number of aryl methyl sites for hydroxylation is 1. The van der Waals surface area contributed by atoms with Gasteiger partial charge in [0.05, 0.1) is 23.4 Å². The van der Waals surface area contributed by atoms with Crippen LogP contribution in [0, 0.1) is 12.8 Å². The molecular weight excluding hydrogens is 500 g/mol. The van der Waals surface area contributed by atoms with Crippen molar-refractivity contribution in [3.63, 3.8) is 0 Å². The normalized spacial score (nSPS) is 12.2. The number of hydrogen-bond donors (Lipinski definition) is 0. The van der Waals surface area contributed by atoms with Gasteiger partial charge in [0.25, 0.3) is 0 Å². The van der Waals surface area contributed by atoms with Crippen molar-refractivity contribution in [1.82, 2.24) is 0 Å². The first-order valence-corrected chi connectivity index (χ1v) is 13.8. The maximum absolute atomic E-state index is 12.0. The van der Waals surface area contributed by atoms with E-state index < -0.39 is 11.6 Å². The van der Waals surface area contributed by atoms with Crippen molar-refractivity contribution in [2.24, 2.45) is 5.92 Å². The molecule has 3 aromatic rings. The molecule has 0 aliphatic rings. The van der Waals surface area contributed by atoms with E-state index >= 15 is 0 Å². The standard InChI is InChI=1S/C31H37O6S/c1-22(2)30(33)36-21-34-19-24-9-15-27(16-10-24)38(26-13-7-23(3)8-14-26)28-17-11-25(12-18-28)35-20-29(32)37-31(4,5)6/h7-18,22H,19-21H2,1-6H3/q+1. The fourth-order valence-electron chi connectivity index (χ4n) is 3.42. The Labute approximate surface area is 228 Å². The van der Waals surface area contributed by atoms with Crippen LogP contribution in [0.5, 0.6) is 5.75 Å². The van der Waals surface area contributed by atoms with Crippen LogP contribution in [0.15, 0.2) is 87.5 Å². The van der Waals surface area contributed by atoms with Gasteiger partial charge in [0, 0.05) is 0 Å². The molecule has 3 aromatic carbocycles. The number of carbonyl (C=O) groups is 2. The molecule has 1 atom stereocenters. The predicted octanol–water partition coefficient (Wildman–Crippen LogP) is 6.48. The SMILES string of the molecule is Cc1ccc([S+](c2ccc(COCOC(=O)C(C)C)cc2)c2ccc(OCC(=O)OC(C)(C)C)cc2)cc1. The second-order valence-electron chi connectivity index (χ2n) is 10.2. The van der Waals surface area contributed by atoms with Crippen LogP contribution in [-0.2, 0) is 41.3 Å². The van der Waals surface area contributed by atoms with Gasteiger partial charge in [-0.3, -0.25) is 4.79 Å². The first-order chi connectivity index (χ1) is 18.0. The van der Waals surface area contributed by atoms with Gasteiger partial charge < -0.3 is 18.9 Å². The highest BCUT2D eigenvalue weighted by Crippen LogP contribution is 2.32. The molecule has 0 saturated carbocycles. The minimum absolute atomic E-state index is 0.0607. The van der Waals surface area contributed by atoms with Gasteiger partial charge in [-0.15, -0.1) is 0 Å². The predicted molar refractivity (Wildman–Crippen MR) is 148 cm³/mol. The minimum atomic E-state index is -0.547. The highest BCUT2D eigenvalue weighted by atomic mass is 32.2. The summed E-state index contributed by atoms with van der Waals surface area (Å²) in [6.07, 6.45) is 0.